The van der Waals surface area contributed by atoms with Gasteiger partial charge in [0.25, 0.3) is 0 Å². The highest BCUT2D eigenvalue weighted by Crippen LogP contribution is 2.23. The zero-order valence-corrected chi connectivity index (χ0v) is 12.0. The maximum atomic E-state index is 12.0. The summed E-state index contributed by atoms with van der Waals surface area (Å²) in [6, 6.07) is 6.33. The van der Waals surface area contributed by atoms with Crippen LogP contribution in [0.2, 0.25) is 5.02 Å². The van der Waals surface area contributed by atoms with E-state index in [0.29, 0.717) is 17.2 Å². The first-order valence-electron chi connectivity index (χ1n) is 6.03. The minimum atomic E-state index is -1.34. The van der Waals surface area contributed by atoms with Gasteiger partial charge in [-0.2, -0.15) is 0 Å². The molecule has 1 aromatic carbocycles. The van der Waals surface area contributed by atoms with Gasteiger partial charge in [-0.1, -0.05) is 18.5 Å². The SMILES string of the molecule is CCCOC(=O)C(C)(C)C(=O)Oc1ccc(Cl)cc1. The van der Waals surface area contributed by atoms with Gasteiger partial charge in [0, 0.05) is 5.02 Å². The van der Waals surface area contributed by atoms with Gasteiger partial charge in [0.05, 0.1) is 6.61 Å². The molecule has 0 spiro atoms. The summed E-state index contributed by atoms with van der Waals surface area (Å²) < 4.78 is 10.1. The van der Waals surface area contributed by atoms with Crippen LogP contribution in [0.3, 0.4) is 0 Å². The molecule has 1 rings (SSSR count). The van der Waals surface area contributed by atoms with E-state index in [9.17, 15) is 9.59 Å². The van der Waals surface area contributed by atoms with Crippen LogP contribution in [0.25, 0.3) is 0 Å². The van der Waals surface area contributed by atoms with Gasteiger partial charge in [-0.05, 0) is 44.5 Å². The molecule has 5 heteroatoms. The highest BCUT2D eigenvalue weighted by atomic mass is 35.5. The van der Waals surface area contributed by atoms with Crippen LogP contribution >= 0.6 is 11.6 Å². The highest BCUT2D eigenvalue weighted by Gasteiger charge is 2.39. The van der Waals surface area contributed by atoms with Gasteiger partial charge in [0.1, 0.15) is 5.75 Å². The maximum Gasteiger partial charge on any atom is 0.328 e. The molecule has 104 valence electrons. The zero-order valence-electron chi connectivity index (χ0n) is 11.2. The fourth-order valence-corrected chi connectivity index (χ4v) is 1.32. The molecule has 0 amide bonds. The molecule has 0 saturated heterocycles. The molecule has 1 aromatic rings. The van der Waals surface area contributed by atoms with E-state index >= 15 is 0 Å². The average molecular weight is 285 g/mol. The largest absolute Gasteiger partial charge is 0.465 e. The average Bonchev–Trinajstić information content (AvgIpc) is 2.38. The van der Waals surface area contributed by atoms with E-state index in [0.717, 1.165) is 0 Å². The van der Waals surface area contributed by atoms with Crippen molar-refractivity contribution in [1.82, 2.24) is 0 Å². The van der Waals surface area contributed by atoms with Gasteiger partial charge in [0.2, 0.25) is 0 Å². The number of rotatable bonds is 5. The Morgan fingerprint density at radius 3 is 2.26 bits per heavy atom. The van der Waals surface area contributed by atoms with E-state index < -0.39 is 17.4 Å². The molecular weight excluding hydrogens is 268 g/mol. The third kappa shape index (κ3) is 4.24. The fourth-order valence-electron chi connectivity index (χ4n) is 1.20. The summed E-state index contributed by atoms with van der Waals surface area (Å²) in [5, 5.41) is 0.543. The lowest BCUT2D eigenvalue weighted by Crippen LogP contribution is -2.38. The third-order valence-electron chi connectivity index (χ3n) is 2.48. The van der Waals surface area contributed by atoms with Crippen molar-refractivity contribution in [3.63, 3.8) is 0 Å². The molecule has 0 aliphatic rings. The minimum absolute atomic E-state index is 0.288. The number of benzene rings is 1. The maximum absolute atomic E-state index is 12.0. The van der Waals surface area contributed by atoms with Crippen molar-refractivity contribution >= 4 is 23.5 Å². The van der Waals surface area contributed by atoms with Crippen LogP contribution in [0.4, 0.5) is 0 Å². The number of carbonyl (C=O) groups excluding carboxylic acids is 2. The Morgan fingerprint density at radius 1 is 1.16 bits per heavy atom. The van der Waals surface area contributed by atoms with E-state index in [1.807, 2.05) is 6.92 Å². The Bertz CT molecular complexity index is 451. The van der Waals surface area contributed by atoms with Gasteiger partial charge in [-0.3, -0.25) is 9.59 Å². The van der Waals surface area contributed by atoms with Crippen molar-refractivity contribution in [3.8, 4) is 5.75 Å². The van der Waals surface area contributed by atoms with Gasteiger partial charge < -0.3 is 9.47 Å². The Morgan fingerprint density at radius 2 is 1.74 bits per heavy atom. The number of carbonyl (C=O) groups is 2. The van der Waals surface area contributed by atoms with Crippen LogP contribution < -0.4 is 4.74 Å². The monoisotopic (exact) mass is 284 g/mol. The first-order chi connectivity index (χ1) is 8.87. The van der Waals surface area contributed by atoms with E-state index in [-0.39, 0.29) is 6.61 Å². The summed E-state index contributed by atoms with van der Waals surface area (Å²) in [6.07, 6.45) is 0.702. The summed E-state index contributed by atoms with van der Waals surface area (Å²) >= 11 is 5.73. The summed E-state index contributed by atoms with van der Waals surface area (Å²) in [5.41, 5.74) is -1.34. The highest BCUT2D eigenvalue weighted by molar-refractivity contribution is 6.30. The molecule has 19 heavy (non-hydrogen) atoms. The molecule has 0 unspecified atom stereocenters. The normalized spacial score (nSPS) is 10.9. The van der Waals surface area contributed by atoms with Gasteiger partial charge >= 0.3 is 11.9 Å². The second-order valence-corrected chi connectivity index (χ2v) is 5.04. The van der Waals surface area contributed by atoms with Gasteiger partial charge in [-0.15, -0.1) is 0 Å². The standard InChI is InChI=1S/C14H17ClO4/c1-4-9-18-12(16)14(2,3)13(17)19-11-7-5-10(15)6-8-11/h5-8H,4,9H2,1-3H3. The van der Waals surface area contributed by atoms with Gasteiger partial charge in [-0.25, -0.2) is 0 Å². The lowest BCUT2D eigenvalue weighted by molar-refractivity contribution is -0.164. The summed E-state index contributed by atoms with van der Waals surface area (Å²) in [4.78, 5) is 23.7. The van der Waals surface area contributed by atoms with E-state index in [1.165, 1.54) is 13.8 Å². The van der Waals surface area contributed by atoms with E-state index in [4.69, 9.17) is 21.1 Å². The lowest BCUT2D eigenvalue weighted by Gasteiger charge is -2.20. The predicted molar refractivity (Wildman–Crippen MR) is 72.1 cm³/mol. The van der Waals surface area contributed by atoms with Crippen molar-refractivity contribution in [2.24, 2.45) is 5.41 Å². The van der Waals surface area contributed by atoms with Crippen LogP contribution in [0.1, 0.15) is 27.2 Å². The molecular formula is C14H17ClO4. The molecule has 0 aromatic heterocycles. The first-order valence-corrected chi connectivity index (χ1v) is 6.40. The summed E-state index contributed by atoms with van der Waals surface area (Å²) in [5.74, 6) is -0.907. The molecule has 0 aliphatic heterocycles. The fraction of sp³-hybridized carbons (Fsp3) is 0.429. The number of halogens is 1. The van der Waals surface area contributed by atoms with Crippen LogP contribution in [-0.2, 0) is 14.3 Å². The molecule has 0 radical (unpaired) electrons. The van der Waals surface area contributed by atoms with Crippen LogP contribution in [0.15, 0.2) is 24.3 Å². The molecule has 0 saturated carbocycles. The topological polar surface area (TPSA) is 52.6 Å². The van der Waals surface area contributed by atoms with Crippen molar-refractivity contribution in [3.05, 3.63) is 29.3 Å². The molecule has 0 bridgehead atoms. The van der Waals surface area contributed by atoms with Crippen molar-refractivity contribution < 1.29 is 19.1 Å². The Hall–Kier alpha value is -1.55. The number of hydrogen-bond acceptors (Lipinski definition) is 4. The predicted octanol–water partition coefficient (Wildman–Crippen LogP) is 3.22. The summed E-state index contributed by atoms with van der Waals surface area (Å²) in [6.45, 7) is 5.12. The third-order valence-corrected chi connectivity index (χ3v) is 2.73. The summed E-state index contributed by atoms with van der Waals surface area (Å²) in [7, 11) is 0. The Labute approximate surface area is 117 Å². The molecule has 0 N–H and O–H groups in total. The van der Waals surface area contributed by atoms with E-state index in [1.54, 1.807) is 24.3 Å². The smallest absolute Gasteiger partial charge is 0.328 e. The first kappa shape index (κ1) is 15.5. The van der Waals surface area contributed by atoms with E-state index in [2.05, 4.69) is 0 Å². The van der Waals surface area contributed by atoms with Gasteiger partial charge in [0.15, 0.2) is 5.41 Å². The molecule has 0 aliphatic carbocycles. The number of hydrogen-bond donors (Lipinski definition) is 0. The minimum Gasteiger partial charge on any atom is -0.465 e. The molecule has 4 nitrogen and oxygen atoms in total. The molecule has 0 fully saturated rings. The molecule has 0 heterocycles. The lowest BCUT2D eigenvalue weighted by atomic mass is 9.94. The van der Waals surface area contributed by atoms with Crippen molar-refractivity contribution in [1.29, 1.82) is 0 Å². The zero-order chi connectivity index (χ0) is 14.5. The second-order valence-electron chi connectivity index (χ2n) is 4.60. The van der Waals surface area contributed by atoms with Crippen LogP contribution in [-0.4, -0.2) is 18.5 Å². The van der Waals surface area contributed by atoms with Crippen molar-refractivity contribution in [2.75, 3.05) is 6.61 Å². The second kappa shape index (κ2) is 6.57. The Kier molecular flexibility index (Phi) is 5.36. The van der Waals surface area contributed by atoms with Crippen LogP contribution in [0.5, 0.6) is 5.75 Å². The van der Waals surface area contributed by atoms with Crippen LogP contribution in [0, 0.1) is 5.41 Å². The van der Waals surface area contributed by atoms with Crippen molar-refractivity contribution in [2.45, 2.75) is 27.2 Å². The number of esters is 2. The molecule has 0 atom stereocenters. The quantitative estimate of drug-likeness (QED) is 0.473. The Balaban J connectivity index is 2.70. The number of ether oxygens (including phenoxy) is 2.